The number of hydroxylamine groups is 1. The Morgan fingerprint density at radius 3 is 2.70 bits per heavy atom. The van der Waals surface area contributed by atoms with Gasteiger partial charge in [-0.2, -0.15) is 0 Å². The lowest BCUT2D eigenvalue weighted by molar-refractivity contribution is -0.129. The van der Waals surface area contributed by atoms with Crippen molar-refractivity contribution in [1.82, 2.24) is 15.8 Å². The predicted molar refractivity (Wildman–Crippen MR) is 85.3 cm³/mol. The second kappa shape index (κ2) is 8.09. The molecule has 1 aromatic carbocycles. The molecular formula is C16H19N3O4. The van der Waals surface area contributed by atoms with E-state index in [1.165, 1.54) is 6.07 Å². The van der Waals surface area contributed by atoms with Gasteiger partial charge < -0.3 is 10.3 Å². The fourth-order valence-electron chi connectivity index (χ4n) is 2.24. The first-order chi connectivity index (χ1) is 11.1. The van der Waals surface area contributed by atoms with Crippen LogP contribution in [0.2, 0.25) is 0 Å². The van der Waals surface area contributed by atoms with Crippen LogP contribution in [0.1, 0.15) is 36.0 Å². The number of amides is 2. The molecule has 0 aliphatic heterocycles. The Kier molecular flexibility index (Phi) is 5.87. The van der Waals surface area contributed by atoms with Gasteiger partial charge in [0, 0.05) is 30.1 Å². The number of aromatic amines is 1. The van der Waals surface area contributed by atoms with Crippen LogP contribution in [0.4, 0.5) is 0 Å². The van der Waals surface area contributed by atoms with Crippen LogP contribution < -0.4 is 16.4 Å². The molecule has 1 heterocycles. The Morgan fingerprint density at radius 1 is 1.09 bits per heavy atom. The summed E-state index contributed by atoms with van der Waals surface area (Å²) in [7, 11) is 0. The van der Waals surface area contributed by atoms with Crippen LogP contribution in [-0.2, 0) is 4.79 Å². The number of aromatic nitrogens is 1. The smallest absolute Gasteiger partial charge is 0.251 e. The number of hydrogen-bond donors (Lipinski definition) is 4. The quantitative estimate of drug-likeness (QED) is 0.350. The molecule has 2 rings (SSSR count). The molecule has 2 aromatic rings. The predicted octanol–water partition coefficient (Wildman–Crippen LogP) is 1.32. The molecule has 0 saturated heterocycles. The molecule has 23 heavy (non-hydrogen) atoms. The molecular weight excluding hydrogens is 298 g/mol. The van der Waals surface area contributed by atoms with Crippen LogP contribution in [0.5, 0.6) is 0 Å². The molecule has 4 N–H and O–H groups in total. The fraction of sp³-hybridized carbons (Fsp3) is 0.312. The largest absolute Gasteiger partial charge is 0.352 e. The van der Waals surface area contributed by atoms with Crippen molar-refractivity contribution in [3.63, 3.8) is 0 Å². The van der Waals surface area contributed by atoms with Crippen molar-refractivity contribution in [2.75, 3.05) is 6.54 Å². The third-order valence-electron chi connectivity index (χ3n) is 3.48. The standard InChI is InChI=1S/C16H19N3O4/c20-14-8-6-11-10-12(5-7-13(11)18-14)16(22)17-9-3-1-2-4-15(21)19-23/h5-8,10,23H,1-4,9H2,(H,17,22)(H,18,20)(H,19,21). The molecule has 0 aliphatic rings. The van der Waals surface area contributed by atoms with Crippen LogP contribution in [-0.4, -0.2) is 28.6 Å². The topological polar surface area (TPSA) is 111 Å². The highest BCUT2D eigenvalue weighted by molar-refractivity contribution is 5.97. The Hall–Kier alpha value is -2.67. The minimum absolute atomic E-state index is 0.175. The summed E-state index contributed by atoms with van der Waals surface area (Å²) >= 11 is 0. The van der Waals surface area contributed by atoms with Gasteiger partial charge in [-0.05, 0) is 42.5 Å². The summed E-state index contributed by atoms with van der Waals surface area (Å²) in [5, 5.41) is 12.0. The summed E-state index contributed by atoms with van der Waals surface area (Å²) in [6.45, 7) is 0.517. The molecule has 0 fully saturated rings. The average molecular weight is 317 g/mol. The SMILES string of the molecule is O=C(CCCCCNC(=O)c1ccc2[nH]c(=O)ccc2c1)NO. The van der Waals surface area contributed by atoms with Gasteiger partial charge in [0.15, 0.2) is 0 Å². The van der Waals surface area contributed by atoms with Gasteiger partial charge in [0.1, 0.15) is 0 Å². The van der Waals surface area contributed by atoms with Gasteiger partial charge >= 0.3 is 0 Å². The number of hydrogen-bond acceptors (Lipinski definition) is 4. The van der Waals surface area contributed by atoms with Crippen molar-refractivity contribution in [2.24, 2.45) is 0 Å². The minimum Gasteiger partial charge on any atom is -0.352 e. The first-order valence-corrected chi connectivity index (χ1v) is 7.44. The molecule has 122 valence electrons. The van der Waals surface area contributed by atoms with E-state index in [-0.39, 0.29) is 17.9 Å². The number of carbonyl (C=O) groups is 2. The summed E-state index contributed by atoms with van der Waals surface area (Å²) in [4.78, 5) is 36.8. The van der Waals surface area contributed by atoms with Gasteiger partial charge in [0.05, 0.1) is 0 Å². The normalized spacial score (nSPS) is 10.5. The second-order valence-electron chi connectivity index (χ2n) is 5.23. The van der Waals surface area contributed by atoms with Crippen LogP contribution >= 0.6 is 0 Å². The van der Waals surface area contributed by atoms with Crippen molar-refractivity contribution in [3.05, 3.63) is 46.2 Å². The highest BCUT2D eigenvalue weighted by atomic mass is 16.5. The summed E-state index contributed by atoms with van der Waals surface area (Å²) in [6, 6.07) is 8.20. The highest BCUT2D eigenvalue weighted by Crippen LogP contribution is 2.12. The third kappa shape index (κ3) is 4.93. The van der Waals surface area contributed by atoms with E-state index in [0.29, 0.717) is 24.0 Å². The molecule has 0 aliphatic carbocycles. The number of fused-ring (bicyclic) bond motifs is 1. The molecule has 0 bridgehead atoms. The van der Waals surface area contributed by atoms with Crippen molar-refractivity contribution in [2.45, 2.75) is 25.7 Å². The van der Waals surface area contributed by atoms with Gasteiger partial charge in [-0.3, -0.25) is 19.6 Å². The number of benzene rings is 1. The zero-order chi connectivity index (χ0) is 16.7. The molecule has 7 heteroatoms. The van der Waals surface area contributed by atoms with Crippen molar-refractivity contribution >= 4 is 22.7 Å². The van der Waals surface area contributed by atoms with E-state index >= 15 is 0 Å². The molecule has 1 aromatic heterocycles. The number of unbranched alkanes of at least 4 members (excludes halogenated alkanes) is 2. The van der Waals surface area contributed by atoms with Gasteiger partial charge in [-0.1, -0.05) is 6.42 Å². The van der Waals surface area contributed by atoms with Gasteiger partial charge in [-0.25, -0.2) is 5.48 Å². The Morgan fingerprint density at radius 2 is 1.91 bits per heavy atom. The fourth-order valence-corrected chi connectivity index (χ4v) is 2.24. The van der Waals surface area contributed by atoms with Gasteiger partial charge in [-0.15, -0.1) is 0 Å². The monoisotopic (exact) mass is 317 g/mol. The lowest BCUT2D eigenvalue weighted by atomic mass is 10.1. The van der Waals surface area contributed by atoms with Crippen molar-refractivity contribution < 1.29 is 14.8 Å². The number of nitrogens with one attached hydrogen (secondary N) is 3. The van der Waals surface area contributed by atoms with E-state index in [4.69, 9.17) is 5.21 Å². The molecule has 0 radical (unpaired) electrons. The van der Waals surface area contributed by atoms with E-state index in [1.807, 2.05) is 0 Å². The zero-order valence-corrected chi connectivity index (χ0v) is 12.6. The third-order valence-corrected chi connectivity index (χ3v) is 3.48. The molecule has 0 saturated carbocycles. The van der Waals surface area contributed by atoms with E-state index < -0.39 is 5.91 Å². The van der Waals surface area contributed by atoms with Gasteiger partial charge in [0.2, 0.25) is 11.5 Å². The summed E-state index contributed by atoms with van der Waals surface area (Å²) in [6.07, 6.45) is 2.47. The van der Waals surface area contributed by atoms with E-state index in [2.05, 4.69) is 10.3 Å². The Balaban J connectivity index is 1.81. The van der Waals surface area contributed by atoms with Crippen LogP contribution in [0.25, 0.3) is 10.9 Å². The van der Waals surface area contributed by atoms with Crippen molar-refractivity contribution in [1.29, 1.82) is 0 Å². The first-order valence-electron chi connectivity index (χ1n) is 7.44. The summed E-state index contributed by atoms with van der Waals surface area (Å²) < 4.78 is 0. The minimum atomic E-state index is -0.400. The first kappa shape index (κ1) is 16.7. The van der Waals surface area contributed by atoms with Crippen molar-refractivity contribution in [3.8, 4) is 0 Å². The Bertz CT molecular complexity index is 754. The summed E-state index contributed by atoms with van der Waals surface area (Å²) in [5.41, 5.74) is 2.63. The van der Waals surface area contributed by atoms with E-state index in [9.17, 15) is 14.4 Å². The maximum Gasteiger partial charge on any atom is 0.251 e. The number of rotatable bonds is 7. The molecule has 7 nitrogen and oxygen atoms in total. The van der Waals surface area contributed by atoms with Crippen LogP contribution in [0.3, 0.4) is 0 Å². The highest BCUT2D eigenvalue weighted by Gasteiger charge is 2.06. The molecule has 0 spiro atoms. The second-order valence-corrected chi connectivity index (χ2v) is 5.23. The number of H-pyrrole nitrogens is 1. The van der Waals surface area contributed by atoms with Crippen LogP contribution in [0.15, 0.2) is 35.1 Å². The zero-order valence-electron chi connectivity index (χ0n) is 12.6. The lowest BCUT2D eigenvalue weighted by Gasteiger charge is -2.06. The van der Waals surface area contributed by atoms with E-state index in [0.717, 1.165) is 18.2 Å². The summed E-state index contributed by atoms with van der Waals surface area (Å²) in [5.74, 6) is -0.575. The lowest BCUT2D eigenvalue weighted by Crippen LogP contribution is -2.24. The number of pyridine rings is 1. The van der Waals surface area contributed by atoms with Crippen LogP contribution in [0, 0.1) is 0 Å². The van der Waals surface area contributed by atoms with E-state index in [1.54, 1.807) is 29.7 Å². The molecule has 0 unspecified atom stereocenters. The number of carbonyl (C=O) groups excluding carboxylic acids is 2. The maximum absolute atomic E-state index is 12.1. The Labute approximate surface area is 132 Å². The van der Waals surface area contributed by atoms with Gasteiger partial charge in [0.25, 0.3) is 5.91 Å². The maximum atomic E-state index is 12.1. The molecule has 2 amide bonds. The molecule has 0 atom stereocenters. The average Bonchev–Trinajstić information content (AvgIpc) is 2.56.